The standard InChI is InChI=1S/C16H24N2O2/c1-3-7-17-14-4-5-15(12(2)9-14)16(20)18-8-6-13(10-18)11-19/h4-5,9,13,17,19H,3,6-8,10-11H2,1-2H3. The van der Waals surface area contributed by atoms with E-state index in [9.17, 15) is 4.79 Å². The van der Waals surface area contributed by atoms with Crippen molar-refractivity contribution in [2.24, 2.45) is 5.92 Å². The Bertz CT molecular complexity index is 474. The van der Waals surface area contributed by atoms with Gasteiger partial charge in [-0.15, -0.1) is 0 Å². The number of benzene rings is 1. The molecule has 4 heteroatoms. The minimum atomic E-state index is 0.0838. The Hall–Kier alpha value is -1.55. The second kappa shape index (κ2) is 6.75. The van der Waals surface area contributed by atoms with Gasteiger partial charge in [-0.1, -0.05) is 6.92 Å². The number of likely N-dealkylation sites (tertiary alicyclic amines) is 1. The maximum absolute atomic E-state index is 12.5. The summed E-state index contributed by atoms with van der Waals surface area (Å²) in [7, 11) is 0. The van der Waals surface area contributed by atoms with Crippen LogP contribution in [0, 0.1) is 12.8 Å². The number of amides is 1. The van der Waals surface area contributed by atoms with Crippen LogP contribution in [0.25, 0.3) is 0 Å². The summed E-state index contributed by atoms with van der Waals surface area (Å²) in [6.07, 6.45) is 1.98. The predicted molar refractivity (Wildman–Crippen MR) is 81.1 cm³/mol. The molecule has 1 aromatic carbocycles. The molecule has 1 fully saturated rings. The molecule has 0 saturated carbocycles. The average molecular weight is 276 g/mol. The quantitative estimate of drug-likeness (QED) is 0.867. The Balaban J connectivity index is 2.07. The van der Waals surface area contributed by atoms with Crippen molar-refractivity contribution in [1.29, 1.82) is 0 Å². The number of nitrogens with zero attached hydrogens (tertiary/aromatic N) is 1. The van der Waals surface area contributed by atoms with E-state index in [0.717, 1.165) is 42.7 Å². The topological polar surface area (TPSA) is 52.6 Å². The van der Waals surface area contributed by atoms with Gasteiger partial charge in [-0.25, -0.2) is 0 Å². The summed E-state index contributed by atoms with van der Waals surface area (Å²) in [5.41, 5.74) is 2.84. The highest BCUT2D eigenvalue weighted by Gasteiger charge is 2.27. The highest BCUT2D eigenvalue weighted by molar-refractivity contribution is 5.96. The molecule has 0 radical (unpaired) electrons. The predicted octanol–water partition coefficient (Wildman–Crippen LogP) is 2.27. The first-order valence-corrected chi connectivity index (χ1v) is 7.40. The van der Waals surface area contributed by atoms with Crippen molar-refractivity contribution in [3.63, 3.8) is 0 Å². The van der Waals surface area contributed by atoms with Crippen LogP contribution in [0.5, 0.6) is 0 Å². The highest BCUT2D eigenvalue weighted by Crippen LogP contribution is 2.21. The monoisotopic (exact) mass is 276 g/mol. The van der Waals surface area contributed by atoms with E-state index in [2.05, 4.69) is 12.2 Å². The molecule has 1 aliphatic rings. The van der Waals surface area contributed by atoms with Gasteiger partial charge in [-0.3, -0.25) is 4.79 Å². The summed E-state index contributed by atoms with van der Waals surface area (Å²) in [5, 5.41) is 12.5. The summed E-state index contributed by atoms with van der Waals surface area (Å²) in [6, 6.07) is 5.90. The van der Waals surface area contributed by atoms with Gasteiger partial charge in [0.05, 0.1) is 0 Å². The van der Waals surface area contributed by atoms with Crippen molar-refractivity contribution in [1.82, 2.24) is 4.90 Å². The molecule has 1 unspecified atom stereocenters. The molecule has 0 spiro atoms. The number of aliphatic hydroxyl groups is 1. The minimum absolute atomic E-state index is 0.0838. The lowest BCUT2D eigenvalue weighted by atomic mass is 10.1. The van der Waals surface area contributed by atoms with Crippen LogP contribution in [0.2, 0.25) is 0 Å². The Morgan fingerprint density at radius 3 is 2.90 bits per heavy atom. The third kappa shape index (κ3) is 3.31. The Morgan fingerprint density at radius 2 is 2.30 bits per heavy atom. The second-order valence-corrected chi connectivity index (χ2v) is 5.54. The number of carbonyl (C=O) groups is 1. The molecule has 1 aromatic rings. The molecule has 2 rings (SSSR count). The normalized spacial score (nSPS) is 18.4. The molecule has 20 heavy (non-hydrogen) atoms. The SMILES string of the molecule is CCCNc1ccc(C(=O)N2CCC(CO)C2)c(C)c1. The molecule has 0 bridgehead atoms. The number of nitrogens with one attached hydrogen (secondary N) is 1. The van der Waals surface area contributed by atoms with Crippen molar-refractivity contribution in [2.75, 3.05) is 31.6 Å². The summed E-state index contributed by atoms with van der Waals surface area (Å²) >= 11 is 0. The van der Waals surface area contributed by atoms with E-state index in [0.29, 0.717) is 6.54 Å². The molecule has 1 aliphatic heterocycles. The lowest BCUT2D eigenvalue weighted by molar-refractivity contribution is 0.0781. The first kappa shape index (κ1) is 14.9. The van der Waals surface area contributed by atoms with Gasteiger partial charge >= 0.3 is 0 Å². The molecule has 0 aromatic heterocycles. The zero-order chi connectivity index (χ0) is 14.5. The lowest BCUT2D eigenvalue weighted by Crippen LogP contribution is -2.29. The molecule has 1 amide bonds. The largest absolute Gasteiger partial charge is 0.396 e. The van der Waals surface area contributed by atoms with Crippen LogP contribution in [0.4, 0.5) is 5.69 Å². The van der Waals surface area contributed by atoms with Gasteiger partial charge < -0.3 is 15.3 Å². The van der Waals surface area contributed by atoms with Crippen LogP contribution in [0.3, 0.4) is 0 Å². The number of hydrogen-bond donors (Lipinski definition) is 2. The molecule has 2 N–H and O–H groups in total. The molecule has 1 heterocycles. The zero-order valence-corrected chi connectivity index (χ0v) is 12.4. The molecular weight excluding hydrogens is 252 g/mol. The summed E-state index contributed by atoms with van der Waals surface area (Å²) in [4.78, 5) is 14.3. The van der Waals surface area contributed by atoms with Crippen molar-refractivity contribution in [3.05, 3.63) is 29.3 Å². The smallest absolute Gasteiger partial charge is 0.254 e. The zero-order valence-electron chi connectivity index (χ0n) is 12.4. The third-order valence-corrected chi connectivity index (χ3v) is 3.87. The molecule has 1 saturated heterocycles. The number of anilines is 1. The summed E-state index contributed by atoms with van der Waals surface area (Å²) in [5.74, 6) is 0.324. The van der Waals surface area contributed by atoms with E-state index in [4.69, 9.17) is 5.11 Å². The molecular formula is C16H24N2O2. The summed E-state index contributed by atoms with van der Waals surface area (Å²) < 4.78 is 0. The van der Waals surface area contributed by atoms with Crippen LogP contribution in [0.15, 0.2) is 18.2 Å². The number of rotatable bonds is 5. The van der Waals surface area contributed by atoms with E-state index < -0.39 is 0 Å². The maximum Gasteiger partial charge on any atom is 0.254 e. The van der Waals surface area contributed by atoms with Crippen LogP contribution >= 0.6 is 0 Å². The fraction of sp³-hybridized carbons (Fsp3) is 0.562. The Labute approximate surface area is 120 Å². The number of aliphatic hydroxyl groups excluding tert-OH is 1. The highest BCUT2D eigenvalue weighted by atomic mass is 16.3. The first-order chi connectivity index (χ1) is 9.65. The van der Waals surface area contributed by atoms with E-state index in [1.54, 1.807) is 0 Å². The number of aryl methyl sites for hydroxylation is 1. The van der Waals surface area contributed by atoms with Gasteiger partial charge in [-0.2, -0.15) is 0 Å². The molecule has 1 atom stereocenters. The minimum Gasteiger partial charge on any atom is -0.396 e. The van der Waals surface area contributed by atoms with Crippen molar-refractivity contribution in [3.8, 4) is 0 Å². The third-order valence-electron chi connectivity index (χ3n) is 3.87. The van der Waals surface area contributed by atoms with E-state index in [1.165, 1.54) is 0 Å². The van der Waals surface area contributed by atoms with Crippen LogP contribution in [0.1, 0.15) is 35.7 Å². The van der Waals surface area contributed by atoms with E-state index in [1.807, 2.05) is 30.0 Å². The fourth-order valence-electron chi connectivity index (χ4n) is 2.62. The Kier molecular flexibility index (Phi) is 5.01. The van der Waals surface area contributed by atoms with Gasteiger partial charge in [0.2, 0.25) is 0 Å². The number of carbonyl (C=O) groups excluding carboxylic acids is 1. The van der Waals surface area contributed by atoms with E-state index >= 15 is 0 Å². The summed E-state index contributed by atoms with van der Waals surface area (Å²) in [6.45, 7) is 6.64. The van der Waals surface area contributed by atoms with Crippen molar-refractivity contribution < 1.29 is 9.90 Å². The van der Waals surface area contributed by atoms with E-state index in [-0.39, 0.29) is 18.4 Å². The van der Waals surface area contributed by atoms with Gasteiger partial charge in [0, 0.05) is 43.4 Å². The Morgan fingerprint density at radius 1 is 1.50 bits per heavy atom. The van der Waals surface area contributed by atoms with Gasteiger partial charge in [-0.05, 0) is 43.5 Å². The first-order valence-electron chi connectivity index (χ1n) is 7.40. The number of hydrogen-bond acceptors (Lipinski definition) is 3. The fourth-order valence-corrected chi connectivity index (χ4v) is 2.62. The molecule has 4 nitrogen and oxygen atoms in total. The van der Waals surface area contributed by atoms with Crippen LogP contribution in [-0.2, 0) is 0 Å². The second-order valence-electron chi connectivity index (χ2n) is 5.54. The van der Waals surface area contributed by atoms with Crippen LogP contribution < -0.4 is 5.32 Å². The average Bonchev–Trinajstić information content (AvgIpc) is 2.93. The van der Waals surface area contributed by atoms with Gasteiger partial charge in [0.25, 0.3) is 5.91 Å². The van der Waals surface area contributed by atoms with Gasteiger partial charge in [0.1, 0.15) is 0 Å². The van der Waals surface area contributed by atoms with Crippen LogP contribution in [-0.4, -0.2) is 42.2 Å². The van der Waals surface area contributed by atoms with Crippen molar-refractivity contribution >= 4 is 11.6 Å². The maximum atomic E-state index is 12.5. The lowest BCUT2D eigenvalue weighted by Gasteiger charge is -2.18. The van der Waals surface area contributed by atoms with Crippen molar-refractivity contribution in [2.45, 2.75) is 26.7 Å². The molecule has 110 valence electrons. The van der Waals surface area contributed by atoms with Gasteiger partial charge in [0.15, 0.2) is 0 Å². The molecule has 0 aliphatic carbocycles.